The van der Waals surface area contributed by atoms with Crippen molar-refractivity contribution in [2.24, 2.45) is 5.73 Å². The Morgan fingerprint density at radius 1 is 1.41 bits per heavy atom. The third-order valence-electron chi connectivity index (χ3n) is 2.75. The number of nitrogens with one attached hydrogen (secondary N) is 1. The molecule has 0 aromatic heterocycles. The van der Waals surface area contributed by atoms with Gasteiger partial charge >= 0.3 is 0 Å². The van der Waals surface area contributed by atoms with E-state index in [1.807, 2.05) is 18.2 Å². The molecule has 0 aliphatic rings. The Labute approximate surface area is 108 Å². The van der Waals surface area contributed by atoms with Crippen LogP contribution in [0, 0.1) is 0 Å². The molecule has 1 rings (SSSR count). The normalized spacial score (nSPS) is 11.6. The molecular weight excluding hydrogens is 236 g/mol. The smallest absolute Gasteiger partial charge is 0.122 e. The van der Waals surface area contributed by atoms with Crippen LogP contribution < -0.4 is 15.8 Å². The molecule has 0 spiro atoms. The summed E-state index contributed by atoms with van der Waals surface area (Å²) in [5, 5.41) is 4.14. The lowest BCUT2D eigenvalue weighted by Gasteiger charge is -2.24. The second-order valence-corrected chi connectivity index (χ2v) is 5.16. The Morgan fingerprint density at radius 3 is 2.71 bits per heavy atom. The molecule has 0 saturated heterocycles. The van der Waals surface area contributed by atoms with Crippen LogP contribution >= 0.6 is 11.6 Å². The summed E-state index contributed by atoms with van der Waals surface area (Å²) in [6.07, 6.45) is 0.868. The van der Waals surface area contributed by atoms with E-state index in [-0.39, 0.29) is 5.54 Å². The molecule has 1 aromatic carbocycles. The van der Waals surface area contributed by atoms with Gasteiger partial charge in [0.25, 0.3) is 0 Å². The van der Waals surface area contributed by atoms with Crippen LogP contribution in [0.25, 0.3) is 0 Å². The lowest BCUT2D eigenvalue weighted by atomic mass is 10.1. The average Bonchev–Trinajstić information content (AvgIpc) is 2.29. The fourth-order valence-electron chi connectivity index (χ4n) is 1.55. The number of nitrogens with two attached hydrogens (primary N) is 1. The van der Waals surface area contributed by atoms with Crippen molar-refractivity contribution in [3.05, 3.63) is 28.8 Å². The summed E-state index contributed by atoms with van der Waals surface area (Å²) in [6, 6.07) is 5.67. The lowest BCUT2D eigenvalue weighted by Crippen LogP contribution is -2.46. The first-order valence-electron chi connectivity index (χ1n) is 5.76. The average molecular weight is 257 g/mol. The van der Waals surface area contributed by atoms with Crippen LogP contribution in [0.5, 0.6) is 5.75 Å². The van der Waals surface area contributed by atoms with Crippen molar-refractivity contribution in [2.75, 3.05) is 20.2 Å². The lowest BCUT2D eigenvalue weighted by molar-refractivity contribution is 0.392. The van der Waals surface area contributed by atoms with E-state index in [0.717, 1.165) is 29.3 Å². The number of halogens is 1. The van der Waals surface area contributed by atoms with Crippen molar-refractivity contribution in [1.82, 2.24) is 5.32 Å². The van der Waals surface area contributed by atoms with Gasteiger partial charge in [0.1, 0.15) is 5.75 Å². The Kier molecular flexibility index (Phi) is 5.25. The summed E-state index contributed by atoms with van der Waals surface area (Å²) in [5.41, 5.74) is 6.73. The van der Waals surface area contributed by atoms with Crippen molar-refractivity contribution < 1.29 is 4.74 Å². The molecule has 17 heavy (non-hydrogen) atoms. The van der Waals surface area contributed by atoms with E-state index in [4.69, 9.17) is 22.1 Å². The first-order chi connectivity index (χ1) is 7.98. The topological polar surface area (TPSA) is 47.3 Å². The number of ether oxygens (including phenoxy) is 1. The molecule has 0 unspecified atom stereocenters. The SMILES string of the molecule is COc1ccc(Cl)cc1CCNC(C)(C)CN. The Bertz CT molecular complexity index is 366. The largest absolute Gasteiger partial charge is 0.496 e. The Morgan fingerprint density at radius 2 is 2.12 bits per heavy atom. The number of methoxy groups -OCH3 is 1. The summed E-state index contributed by atoms with van der Waals surface area (Å²) < 4.78 is 5.30. The van der Waals surface area contributed by atoms with Gasteiger partial charge in [-0.2, -0.15) is 0 Å². The predicted octanol–water partition coefficient (Wildman–Crippen LogP) is 2.22. The number of benzene rings is 1. The van der Waals surface area contributed by atoms with Crippen LogP contribution in [0.4, 0.5) is 0 Å². The molecule has 0 atom stereocenters. The van der Waals surface area contributed by atoms with Crippen molar-refractivity contribution >= 4 is 11.6 Å². The first-order valence-corrected chi connectivity index (χ1v) is 6.14. The van der Waals surface area contributed by atoms with Gasteiger partial charge < -0.3 is 15.8 Å². The fourth-order valence-corrected chi connectivity index (χ4v) is 1.74. The van der Waals surface area contributed by atoms with Crippen LogP contribution in [0.2, 0.25) is 5.02 Å². The zero-order chi connectivity index (χ0) is 12.9. The molecule has 4 heteroatoms. The summed E-state index contributed by atoms with van der Waals surface area (Å²) >= 11 is 5.97. The van der Waals surface area contributed by atoms with Gasteiger partial charge in [0.2, 0.25) is 0 Å². The molecule has 0 heterocycles. The molecule has 0 saturated carbocycles. The Hall–Kier alpha value is -0.770. The number of hydrogen-bond acceptors (Lipinski definition) is 3. The van der Waals surface area contributed by atoms with Crippen LogP contribution in [0.3, 0.4) is 0 Å². The van der Waals surface area contributed by atoms with Gasteiger partial charge in [-0.3, -0.25) is 0 Å². The zero-order valence-electron chi connectivity index (χ0n) is 10.7. The van der Waals surface area contributed by atoms with Crippen molar-refractivity contribution in [3.8, 4) is 5.75 Å². The van der Waals surface area contributed by atoms with E-state index in [1.165, 1.54) is 0 Å². The van der Waals surface area contributed by atoms with Gasteiger partial charge in [-0.05, 0) is 50.6 Å². The van der Waals surface area contributed by atoms with E-state index < -0.39 is 0 Å². The third-order valence-corrected chi connectivity index (χ3v) is 2.99. The molecule has 0 fully saturated rings. The molecule has 96 valence electrons. The molecule has 0 amide bonds. The summed E-state index contributed by atoms with van der Waals surface area (Å²) in [6.45, 7) is 5.63. The second kappa shape index (κ2) is 6.24. The van der Waals surface area contributed by atoms with Gasteiger partial charge in [0, 0.05) is 17.1 Å². The molecule has 0 aliphatic carbocycles. The van der Waals surface area contributed by atoms with E-state index in [9.17, 15) is 0 Å². The van der Waals surface area contributed by atoms with Crippen LogP contribution in [0.1, 0.15) is 19.4 Å². The number of rotatable bonds is 6. The minimum atomic E-state index is -0.0359. The maximum atomic E-state index is 5.97. The van der Waals surface area contributed by atoms with Gasteiger partial charge in [-0.15, -0.1) is 0 Å². The highest BCUT2D eigenvalue weighted by Gasteiger charge is 2.14. The van der Waals surface area contributed by atoms with Crippen molar-refractivity contribution in [3.63, 3.8) is 0 Å². The monoisotopic (exact) mass is 256 g/mol. The minimum Gasteiger partial charge on any atom is -0.496 e. The van der Waals surface area contributed by atoms with Crippen LogP contribution in [-0.2, 0) is 6.42 Å². The first kappa shape index (κ1) is 14.3. The standard InChI is InChI=1S/C13H21ClN2O/c1-13(2,9-15)16-7-6-10-8-11(14)4-5-12(10)17-3/h4-5,8,16H,6-7,9,15H2,1-3H3. The molecular formula is C13H21ClN2O. The summed E-state index contributed by atoms with van der Waals surface area (Å²) in [4.78, 5) is 0. The van der Waals surface area contributed by atoms with Crippen LogP contribution in [0.15, 0.2) is 18.2 Å². The molecule has 0 bridgehead atoms. The molecule has 0 aliphatic heterocycles. The highest BCUT2D eigenvalue weighted by molar-refractivity contribution is 6.30. The quantitative estimate of drug-likeness (QED) is 0.821. The van der Waals surface area contributed by atoms with E-state index in [2.05, 4.69) is 19.2 Å². The minimum absolute atomic E-state index is 0.0359. The van der Waals surface area contributed by atoms with Gasteiger partial charge in [0.15, 0.2) is 0 Å². The van der Waals surface area contributed by atoms with Crippen LogP contribution in [-0.4, -0.2) is 25.7 Å². The van der Waals surface area contributed by atoms with Crippen molar-refractivity contribution in [1.29, 1.82) is 0 Å². The Balaban J connectivity index is 2.59. The van der Waals surface area contributed by atoms with Gasteiger partial charge in [-0.25, -0.2) is 0 Å². The maximum absolute atomic E-state index is 5.97. The van der Waals surface area contributed by atoms with Gasteiger partial charge in [-0.1, -0.05) is 11.6 Å². The third kappa shape index (κ3) is 4.54. The van der Waals surface area contributed by atoms with Crippen molar-refractivity contribution in [2.45, 2.75) is 25.8 Å². The van der Waals surface area contributed by atoms with E-state index >= 15 is 0 Å². The predicted molar refractivity (Wildman–Crippen MR) is 72.8 cm³/mol. The fraction of sp³-hybridized carbons (Fsp3) is 0.538. The van der Waals surface area contributed by atoms with E-state index in [0.29, 0.717) is 6.54 Å². The molecule has 3 nitrogen and oxygen atoms in total. The summed E-state index contributed by atoms with van der Waals surface area (Å²) in [7, 11) is 1.67. The molecule has 0 radical (unpaired) electrons. The summed E-state index contributed by atoms with van der Waals surface area (Å²) in [5.74, 6) is 0.877. The molecule has 1 aromatic rings. The highest BCUT2D eigenvalue weighted by Crippen LogP contribution is 2.22. The maximum Gasteiger partial charge on any atom is 0.122 e. The van der Waals surface area contributed by atoms with E-state index in [1.54, 1.807) is 7.11 Å². The second-order valence-electron chi connectivity index (χ2n) is 4.72. The highest BCUT2D eigenvalue weighted by atomic mass is 35.5. The van der Waals surface area contributed by atoms with Gasteiger partial charge in [0.05, 0.1) is 7.11 Å². The number of hydrogen-bond donors (Lipinski definition) is 2. The zero-order valence-corrected chi connectivity index (χ0v) is 11.5. The molecule has 3 N–H and O–H groups in total.